The highest BCUT2D eigenvalue weighted by molar-refractivity contribution is 6.39. The molecule has 0 bridgehead atoms. The van der Waals surface area contributed by atoms with E-state index in [2.05, 4.69) is 15.3 Å². The molecule has 1 fully saturated rings. The van der Waals surface area contributed by atoms with E-state index in [1.165, 1.54) is 25.3 Å². The van der Waals surface area contributed by atoms with Gasteiger partial charge in [-0.1, -0.05) is 23.2 Å². The molecular weight excluding hydrogens is 345 g/mol. The summed E-state index contributed by atoms with van der Waals surface area (Å²) in [5.74, 6) is -1.58. The third-order valence-corrected chi connectivity index (χ3v) is 4.15. The molecule has 1 spiro atoms. The maximum Gasteiger partial charge on any atom is 0.354 e. The van der Waals surface area contributed by atoms with Crippen LogP contribution in [0.25, 0.3) is 0 Å². The van der Waals surface area contributed by atoms with Crippen LogP contribution >= 0.6 is 23.2 Å². The third kappa shape index (κ3) is 2.55. The molecule has 1 saturated heterocycles. The van der Waals surface area contributed by atoms with Gasteiger partial charge in [-0.3, -0.25) is 15.0 Å². The van der Waals surface area contributed by atoms with Gasteiger partial charge < -0.3 is 4.74 Å². The lowest BCUT2D eigenvalue weighted by Gasteiger charge is -2.21. The molecular formula is C14H11Cl2N3O4. The lowest BCUT2D eigenvalue weighted by molar-refractivity contribution is -0.132. The Balaban J connectivity index is 1.91. The minimum absolute atomic E-state index is 0.0188. The van der Waals surface area contributed by atoms with E-state index in [4.69, 9.17) is 23.2 Å². The Hall–Kier alpha value is -2.12. The Kier molecular flexibility index (Phi) is 3.77. The first-order valence-electron chi connectivity index (χ1n) is 6.62. The quantitative estimate of drug-likeness (QED) is 0.641. The molecule has 1 aromatic carbocycles. The van der Waals surface area contributed by atoms with Gasteiger partial charge in [0.1, 0.15) is 11.3 Å². The minimum Gasteiger partial charge on any atom is -0.464 e. The number of hydrogen-bond acceptors (Lipinski definition) is 6. The van der Waals surface area contributed by atoms with Gasteiger partial charge in [0, 0.05) is 16.5 Å². The van der Waals surface area contributed by atoms with E-state index < -0.39 is 23.3 Å². The number of esters is 1. The second-order valence-electron chi connectivity index (χ2n) is 5.26. The largest absolute Gasteiger partial charge is 0.464 e. The number of amides is 2. The number of anilines is 1. The molecule has 0 saturated carbocycles. The summed E-state index contributed by atoms with van der Waals surface area (Å²) in [6, 6.07) is 4.44. The number of carbonyl (C=O) groups is 3. The van der Waals surface area contributed by atoms with Crippen LogP contribution in [0.4, 0.5) is 5.69 Å². The van der Waals surface area contributed by atoms with E-state index in [1.807, 2.05) is 0 Å². The average Bonchev–Trinajstić information content (AvgIpc) is 3.00. The maximum absolute atomic E-state index is 12.8. The van der Waals surface area contributed by atoms with Crippen molar-refractivity contribution in [3.05, 3.63) is 28.2 Å². The predicted octanol–water partition coefficient (Wildman–Crippen LogP) is 1.52. The van der Waals surface area contributed by atoms with Gasteiger partial charge in [-0.25, -0.2) is 9.69 Å². The van der Waals surface area contributed by atoms with Crippen LogP contribution in [-0.4, -0.2) is 36.1 Å². The summed E-state index contributed by atoms with van der Waals surface area (Å²) in [5, 5.41) is 4.44. The molecule has 2 aliphatic rings. The first-order valence-corrected chi connectivity index (χ1v) is 7.37. The highest BCUT2D eigenvalue weighted by Crippen LogP contribution is 2.36. The third-order valence-electron chi connectivity index (χ3n) is 3.72. The number of nitrogens with one attached hydrogen (secondary N) is 1. The normalized spacial score (nSPS) is 23.3. The fourth-order valence-corrected chi connectivity index (χ4v) is 3.18. The highest BCUT2D eigenvalue weighted by atomic mass is 35.5. The second kappa shape index (κ2) is 5.50. The van der Waals surface area contributed by atoms with E-state index in [0.717, 1.165) is 4.90 Å². The van der Waals surface area contributed by atoms with Crippen molar-refractivity contribution in [1.29, 1.82) is 0 Å². The molecule has 120 valence electrons. The summed E-state index contributed by atoms with van der Waals surface area (Å²) in [7, 11) is 1.22. The van der Waals surface area contributed by atoms with Gasteiger partial charge in [0.25, 0.3) is 5.91 Å². The molecule has 0 aromatic heterocycles. The summed E-state index contributed by atoms with van der Waals surface area (Å²) in [4.78, 5) is 37.6. The van der Waals surface area contributed by atoms with Crippen molar-refractivity contribution in [2.24, 2.45) is 5.10 Å². The van der Waals surface area contributed by atoms with E-state index in [9.17, 15) is 14.4 Å². The van der Waals surface area contributed by atoms with E-state index >= 15 is 0 Å². The molecule has 3 rings (SSSR count). The molecule has 1 aromatic rings. The molecule has 1 N–H and O–H groups in total. The van der Waals surface area contributed by atoms with Crippen LogP contribution in [0.3, 0.4) is 0 Å². The first kappa shape index (κ1) is 15.8. The fraction of sp³-hybridized carbons (Fsp3) is 0.286. The first-order chi connectivity index (χ1) is 10.9. The number of hydrogen-bond donors (Lipinski definition) is 1. The predicted molar refractivity (Wildman–Crippen MR) is 83.5 cm³/mol. The summed E-state index contributed by atoms with van der Waals surface area (Å²) in [6.07, 6.45) is -0.144. The van der Waals surface area contributed by atoms with Crippen molar-refractivity contribution in [3.8, 4) is 0 Å². The van der Waals surface area contributed by atoms with Crippen molar-refractivity contribution in [1.82, 2.24) is 5.43 Å². The zero-order valence-corrected chi connectivity index (χ0v) is 13.4. The average molecular weight is 356 g/mol. The number of hydrazone groups is 1. The van der Waals surface area contributed by atoms with Crippen LogP contribution < -0.4 is 10.3 Å². The number of carbonyl (C=O) groups excluding carboxylic acids is 3. The van der Waals surface area contributed by atoms with Crippen molar-refractivity contribution in [2.45, 2.75) is 18.4 Å². The standard InChI is InChI=1S/C14H11Cl2N3O4/c1-23-12(21)10-5-14(18-17-10)6-11(20)19(13(14)22)9-3-7(15)2-8(16)4-9/h2-4,18H,5-6H2,1H3/t14-/m0/s1. The van der Waals surface area contributed by atoms with Crippen LogP contribution in [0.1, 0.15) is 12.8 Å². The van der Waals surface area contributed by atoms with Crippen LogP contribution in [0.15, 0.2) is 23.3 Å². The van der Waals surface area contributed by atoms with Crippen molar-refractivity contribution < 1.29 is 19.1 Å². The zero-order chi connectivity index (χ0) is 16.8. The number of benzene rings is 1. The lowest BCUT2D eigenvalue weighted by Crippen LogP contribution is -2.47. The molecule has 9 heteroatoms. The Morgan fingerprint density at radius 1 is 1.26 bits per heavy atom. The molecule has 0 unspecified atom stereocenters. The van der Waals surface area contributed by atoms with Gasteiger partial charge in [0.2, 0.25) is 5.91 Å². The van der Waals surface area contributed by atoms with Crippen molar-refractivity contribution >= 4 is 52.4 Å². The SMILES string of the molecule is COC(=O)C1=NN[C@]2(CC(=O)N(c3cc(Cl)cc(Cl)c3)C2=O)C1. The monoisotopic (exact) mass is 355 g/mol. The van der Waals surface area contributed by atoms with Gasteiger partial charge in [0.15, 0.2) is 0 Å². The highest BCUT2D eigenvalue weighted by Gasteiger charge is 2.56. The van der Waals surface area contributed by atoms with Crippen LogP contribution in [0, 0.1) is 0 Å². The van der Waals surface area contributed by atoms with Gasteiger partial charge in [0.05, 0.1) is 19.2 Å². The van der Waals surface area contributed by atoms with Crippen LogP contribution in [0.5, 0.6) is 0 Å². The molecule has 7 nitrogen and oxygen atoms in total. The molecule has 2 amide bonds. The van der Waals surface area contributed by atoms with Gasteiger partial charge in [-0.05, 0) is 18.2 Å². The van der Waals surface area contributed by atoms with Crippen molar-refractivity contribution in [3.63, 3.8) is 0 Å². The zero-order valence-electron chi connectivity index (χ0n) is 11.9. The van der Waals surface area contributed by atoms with Gasteiger partial charge >= 0.3 is 5.97 Å². The van der Waals surface area contributed by atoms with Crippen LogP contribution in [-0.2, 0) is 19.1 Å². The number of methoxy groups -OCH3 is 1. The molecule has 1 atom stereocenters. The summed E-state index contributed by atoms with van der Waals surface area (Å²) in [6.45, 7) is 0. The van der Waals surface area contributed by atoms with E-state index in [-0.39, 0.29) is 24.2 Å². The Morgan fingerprint density at radius 2 is 1.91 bits per heavy atom. The fourth-order valence-electron chi connectivity index (χ4n) is 2.67. The molecule has 2 aliphatic heterocycles. The smallest absolute Gasteiger partial charge is 0.354 e. The van der Waals surface area contributed by atoms with E-state index in [0.29, 0.717) is 10.0 Å². The Labute approximate surface area is 141 Å². The van der Waals surface area contributed by atoms with Crippen molar-refractivity contribution in [2.75, 3.05) is 12.0 Å². The Bertz CT molecular complexity index is 744. The minimum atomic E-state index is -1.27. The van der Waals surface area contributed by atoms with E-state index in [1.54, 1.807) is 0 Å². The van der Waals surface area contributed by atoms with Crippen LogP contribution in [0.2, 0.25) is 10.0 Å². The summed E-state index contributed by atoms with van der Waals surface area (Å²) in [5.41, 5.74) is 1.70. The number of rotatable bonds is 2. The second-order valence-corrected chi connectivity index (χ2v) is 6.13. The molecule has 2 heterocycles. The molecule has 0 radical (unpaired) electrons. The summed E-state index contributed by atoms with van der Waals surface area (Å²) < 4.78 is 4.59. The van der Waals surface area contributed by atoms with Gasteiger partial charge in [-0.15, -0.1) is 0 Å². The Morgan fingerprint density at radius 3 is 2.52 bits per heavy atom. The number of imide groups is 1. The number of ether oxygens (including phenoxy) is 1. The molecule has 23 heavy (non-hydrogen) atoms. The maximum atomic E-state index is 12.8. The number of halogens is 2. The van der Waals surface area contributed by atoms with Gasteiger partial charge in [-0.2, -0.15) is 5.10 Å². The molecule has 0 aliphatic carbocycles. The lowest BCUT2D eigenvalue weighted by atomic mass is 9.93. The topological polar surface area (TPSA) is 88.1 Å². The number of nitrogens with zero attached hydrogens (tertiary/aromatic N) is 2. The summed E-state index contributed by atoms with van der Waals surface area (Å²) >= 11 is 11.9.